The van der Waals surface area contributed by atoms with Gasteiger partial charge in [0.1, 0.15) is 11.4 Å². The Morgan fingerprint density at radius 3 is 2.21 bits per heavy atom. The minimum atomic E-state index is 0.182. The summed E-state index contributed by atoms with van der Waals surface area (Å²) in [6.45, 7) is 4.08. The van der Waals surface area contributed by atoms with E-state index in [1.807, 2.05) is 32.2 Å². The van der Waals surface area contributed by atoms with Crippen LogP contribution in [0.5, 0.6) is 5.75 Å². The number of benzene rings is 2. The number of imidazole rings is 1. The van der Waals surface area contributed by atoms with E-state index in [-0.39, 0.29) is 6.10 Å². The third-order valence-electron chi connectivity index (χ3n) is 5.32. The van der Waals surface area contributed by atoms with E-state index in [0.29, 0.717) is 0 Å². The average molecular weight is 368 g/mol. The fourth-order valence-corrected chi connectivity index (χ4v) is 3.71. The molecule has 2 aromatic heterocycles. The maximum Gasteiger partial charge on any atom is 0.137 e. The molecule has 3 nitrogen and oxygen atoms in total. The lowest BCUT2D eigenvalue weighted by Gasteiger charge is -2.11. The molecule has 1 aliphatic carbocycles. The molecule has 1 fully saturated rings. The van der Waals surface area contributed by atoms with Crippen LogP contribution in [0.3, 0.4) is 0 Å². The first-order chi connectivity index (χ1) is 13.7. The molecule has 0 saturated heterocycles. The van der Waals surface area contributed by atoms with Gasteiger partial charge in [0.05, 0.1) is 18.0 Å². The zero-order valence-electron chi connectivity index (χ0n) is 16.3. The second-order valence-electron chi connectivity index (χ2n) is 7.88. The Morgan fingerprint density at radius 2 is 1.54 bits per heavy atom. The summed E-state index contributed by atoms with van der Waals surface area (Å²) in [5.74, 6) is 1.68. The molecule has 0 amide bonds. The minimum Gasteiger partial charge on any atom is -0.491 e. The van der Waals surface area contributed by atoms with Gasteiger partial charge in [0, 0.05) is 11.8 Å². The molecule has 2 aromatic carbocycles. The molecule has 1 aliphatic rings. The van der Waals surface area contributed by atoms with Crippen LogP contribution in [0.2, 0.25) is 0 Å². The van der Waals surface area contributed by atoms with Crippen LogP contribution in [0.1, 0.15) is 38.2 Å². The summed E-state index contributed by atoms with van der Waals surface area (Å²) < 4.78 is 7.94. The highest BCUT2D eigenvalue weighted by atomic mass is 16.5. The number of fused-ring (bicyclic) bond motifs is 1. The molecule has 3 heteroatoms. The van der Waals surface area contributed by atoms with Crippen LogP contribution >= 0.6 is 0 Å². The molecule has 0 bridgehead atoms. The highest BCUT2D eigenvalue weighted by Gasteiger charge is 2.23. The molecule has 0 aliphatic heterocycles. The van der Waals surface area contributed by atoms with Gasteiger partial charge in [-0.1, -0.05) is 36.4 Å². The quantitative estimate of drug-likeness (QED) is 0.411. The maximum absolute atomic E-state index is 5.76. The fraction of sp³-hybridized carbons (Fsp3) is 0.240. The van der Waals surface area contributed by atoms with E-state index in [1.54, 1.807) is 0 Å². The van der Waals surface area contributed by atoms with Gasteiger partial charge in [-0.15, -0.1) is 0 Å². The van der Waals surface area contributed by atoms with Gasteiger partial charge in [0.15, 0.2) is 0 Å². The predicted octanol–water partition coefficient (Wildman–Crippen LogP) is 6.33. The lowest BCUT2D eigenvalue weighted by molar-refractivity contribution is 0.242. The fourth-order valence-electron chi connectivity index (χ4n) is 3.71. The summed E-state index contributed by atoms with van der Waals surface area (Å²) in [7, 11) is 0. The largest absolute Gasteiger partial charge is 0.491 e. The first-order valence-electron chi connectivity index (χ1n) is 10.0. The summed E-state index contributed by atoms with van der Waals surface area (Å²) in [6.07, 6.45) is 6.98. The number of aromatic nitrogens is 2. The molecule has 0 radical (unpaired) electrons. The minimum absolute atomic E-state index is 0.182. The lowest BCUT2D eigenvalue weighted by Crippen LogP contribution is -2.05. The Kier molecular flexibility index (Phi) is 4.16. The third-order valence-corrected chi connectivity index (χ3v) is 5.32. The Morgan fingerprint density at radius 1 is 0.857 bits per heavy atom. The topological polar surface area (TPSA) is 26.5 Å². The van der Waals surface area contributed by atoms with Gasteiger partial charge >= 0.3 is 0 Å². The first-order valence-corrected chi connectivity index (χ1v) is 10.0. The van der Waals surface area contributed by atoms with Crippen molar-refractivity contribution in [1.29, 1.82) is 0 Å². The Labute approximate surface area is 165 Å². The Balaban J connectivity index is 1.49. The van der Waals surface area contributed by atoms with Crippen LogP contribution in [-0.2, 0) is 0 Å². The van der Waals surface area contributed by atoms with E-state index in [2.05, 4.69) is 64.1 Å². The Bertz CT molecular complexity index is 1100. The van der Waals surface area contributed by atoms with Crippen molar-refractivity contribution in [3.8, 4) is 28.1 Å². The van der Waals surface area contributed by atoms with E-state index in [0.717, 1.165) is 28.6 Å². The Hall–Kier alpha value is -3.07. The number of hydrogen-bond acceptors (Lipinski definition) is 2. The van der Waals surface area contributed by atoms with Crippen LogP contribution in [-0.4, -0.2) is 15.5 Å². The van der Waals surface area contributed by atoms with Crippen LogP contribution in [0.15, 0.2) is 73.1 Å². The number of ether oxygens (including phenoxy) is 1. The van der Waals surface area contributed by atoms with Crippen molar-refractivity contribution < 1.29 is 4.74 Å². The van der Waals surface area contributed by atoms with E-state index in [9.17, 15) is 0 Å². The van der Waals surface area contributed by atoms with E-state index in [1.165, 1.54) is 29.5 Å². The molecular formula is C25H24N2O. The van der Waals surface area contributed by atoms with Crippen molar-refractivity contribution >= 4 is 5.65 Å². The normalized spacial score (nSPS) is 14.0. The SMILES string of the molecule is CC(C)Oc1ccc(-c2ccc3ncc(-c4ccc(C5CC5)cc4)n3c2)cc1. The first kappa shape index (κ1) is 17.1. The van der Waals surface area contributed by atoms with Gasteiger partial charge in [0.2, 0.25) is 0 Å². The zero-order valence-corrected chi connectivity index (χ0v) is 16.3. The second kappa shape index (κ2) is 6.83. The number of rotatable bonds is 5. The monoisotopic (exact) mass is 368 g/mol. The maximum atomic E-state index is 5.76. The molecular weight excluding hydrogens is 344 g/mol. The van der Waals surface area contributed by atoms with Crippen LogP contribution < -0.4 is 4.74 Å². The molecule has 5 rings (SSSR count). The van der Waals surface area contributed by atoms with Gasteiger partial charge in [-0.05, 0) is 73.6 Å². The summed E-state index contributed by atoms with van der Waals surface area (Å²) in [5, 5.41) is 0. The zero-order chi connectivity index (χ0) is 19.1. The van der Waals surface area contributed by atoms with Crippen molar-refractivity contribution in [2.45, 2.75) is 38.7 Å². The molecule has 0 spiro atoms. The number of hydrogen-bond donors (Lipinski definition) is 0. The third kappa shape index (κ3) is 3.29. The number of pyridine rings is 1. The highest BCUT2D eigenvalue weighted by molar-refractivity contribution is 5.69. The van der Waals surface area contributed by atoms with Crippen molar-refractivity contribution in [2.75, 3.05) is 0 Å². The molecule has 0 unspecified atom stereocenters. The molecule has 28 heavy (non-hydrogen) atoms. The molecule has 1 saturated carbocycles. The molecule has 0 atom stereocenters. The van der Waals surface area contributed by atoms with Crippen molar-refractivity contribution in [1.82, 2.24) is 9.38 Å². The molecule has 4 aromatic rings. The van der Waals surface area contributed by atoms with Gasteiger partial charge in [0.25, 0.3) is 0 Å². The highest BCUT2D eigenvalue weighted by Crippen LogP contribution is 2.40. The van der Waals surface area contributed by atoms with Crippen molar-refractivity contribution in [2.24, 2.45) is 0 Å². The number of nitrogens with zero attached hydrogens (tertiary/aromatic N) is 2. The van der Waals surface area contributed by atoms with Gasteiger partial charge in [-0.25, -0.2) is 4.98 Å². The van der Waals surface area contributed by atoms with Crippen molar-refractivity contribution in [3.05, 3.63) is 78.6 Å². The van der Waals surface area contributed by atoms with E-state index in [4.69, 9.17) is 4.74 Å². The summed E-state index contributed by atoms with van der Waals surface area (Å²) >= 11 is 0. The van der Waals surface area contributed by atoms with E-state index >= 15 is 0 Å². The lowest BCUT2D eigenvalue weighted by atomic mass is 10.1. The average Bonchev–Trinajstić information content (AvgIpc) is 3.47. The smallest absolute Gasteiger partial charge is 0.137 e. The molecule has 0 N–H and O–H groups in total. The van der Waals surface area contributed by atoms with Gasteiger partial charge in [-0.2, -0.15) is 0 Å². The molecule has 2 heterocycles. The van der Waals surface area contributed by atoms with Gasteiger partial charge in [-0.3, -0.25) is 4.40 Å². The van der Waals surface area contributed by atoms with Crippen LogP contribution in [0.25, 0.3) is 28.0 Å². The molecule has 140 valence electrons. The van der Waals surface area contributed by atoms with Crippen LogP contribution in [0.4, 0.5) is 0 Å². The van der Waals surface area contributed by atoms with Crippen LogP contribution in [0, 0.1) is 0 Å². The van der Waals surface area contributed by atoms with Crippen molar-refractivity contribution in [3.63, 3.8) is 0 Å². The van der Waals surface area contributed by atoms with E-state index < -0.39 is 0 Å². The predicted molar refractivity (Wildman–Crippen MR) is 114 cm³/mol. The summed E-state index contributed by atoms with van der Waals surface area (Å²) in [5.41, 5.74) is 7.08. The standard InChI is InChI=1S/C25H24N2O/c1-17(2)28-23-12-9-20(10-13-23)22-11-14-25-26-15-24(27(25)16-22)21-7-5-19(6-8-21)18-3-4-18/h5-18H,3-4H2,1-2H3. The summed E-state index contributed by atoms with van der Waals surface area (Å²) in [4.78, 5) is 4.59. The summed E-state index contributed by atoms with van der Waals surface area (Å²) in [6, 6.07) is 21.5. The van der Waals surface area contributed by atoms with Gasteiger partial charge < -0.3 is 4.74 Å². The second-order valence-corrected chi connectivity index (χ2v) is 7.88.